The van der Waals surface area contributed by atoms with Crippen LogP contribution in [0.2, 0.25) is 0 Å². The lowest BCUT2D eigenvalue weighted by atomic mass is 9.73. The number of thioether (sulfide) groups is 1. The topological polar surface area (TPSA) is 122 Å². The summed E-state index contributed by atoms with van der Waals surface area (Å²) in [6.07, 6.45) is 0.164. The Morgan fingerprint density at radius 1 is 1.26 bits per heavy atom. The van der Waals surface area contributed by atoms with Crippen LogP contribution in [0.15, 0.2) is 24.3 Å². The zero-order valence-electron chi connectivity index (χ0n) is 21.9. The van der Waals surface area contributed by atoms with Crippen molar-refractivity contribution in [1.29, 1.82) is 0 Å². The summed E-state index contributed by atoms with van der Waals surface area (Å²) in [6.45, 7) is 4.39. The molecule has 1 heterocycles. The average Bonchev–Trinajstić information content (AvgIpc) is 2.88. The van der Waals surface area contributed by atoms with Crippen molar-refractivity contribution in [2.75, 3.05) is 44.5 Å². The standard InChI is InChI=1S/C23H37N3O3S2.C2HF3O2/c1-17-6-4-5-7-18(17)14-23(9-11-25-12-10-23)16-26(21(27)19(24)15-30)20(8-13-31-3)22(28)29-2;3-2(4,5)1(6)7/h4-7,19-20,25,30H,8-16,24H2,1-3H3;(H,6,7)/t19-,20-;/m0./s1. The SMILES string of the molecule is COC(=O)[C@H](CCSC)N(CC1(Cc2ccccc2C)CCNCC1)C(=O)[C@@H](N)CS.O=C(O)C(F)(F)F. The van der Waals surface area contributed by atoms with Gasteiger partial charge in [-0.05, 0) is 74.2 Å². The van der Waals surface area contributed by atoms with E-state index in [0.29, 0.717) is 13.0 Å². The first-order valence-electron chi connectivity index (χ1n) is 12.1. The maximum Gasteiger partial charge on any atom is 0.490 e. The molecule has 4 N–H and O–H groups in total. The number of alkyl halides is 3. The number of nitrogens with one attached hydrogen (secondary N) is 1. The number of hydrogen-bond donors (Lipinski definition) is 4. The Morgan fingerprint density at radius 3 is 2.32 bits per heavy atom. The van der Waals surface area contributed by atoms with E-state index in [2.05, 4.69) is 43.1 Å². The lowest BCUT2D eigenvalue weighted by molar-refractivity contribution is -0.192. The highest BCUT2D eigenvalue weighted by molar-refractivity contribution is 7.98. The number of nitrogens with two attached hydrogens (primary N) is 1. The molecule has 8 nitrogen and oxygen atoms in total. The Bertz CT molecular complexity index is 914. The number of carboxylic acids is 1. The highest BCUT2D eigenvalue weighted by Crippen LogP contribution is 2.36. The van der Waals surface area contributed by atoms with Gasteiger partial charge in [-0.15, -0.1) is 0 Å². The van der Waals surface area contributed by atoms with Crippen molar-refractivity contribution in [2.45, 2.75) is 50.9 Å². The molecule has 1 fully saturated rings. The van der Waals surface area contributed by atoms with E-state index in [1.807, 2.05) is 12.3 Å². The van der Waals surface area contributed by atoms with Crippen molar-refractivity contribution in [1.82, 2.24) is 10.2 Å². The highest BCUT2D eigenvalue weighted by atomic mass is 32.2. The molecule has 0 aromatic heterocycles. The maximum absolute atomic E-state index is 13.4. The second kappa shape index (κ2) is 16.2. The summed E-state index contributed by atoms with van der Waals surface area (Å²) >= 11 is 5.89. The Morgan fingerprint density at radius 2 is 1.84 bits per heavy atom. The number of nitrogens with zero attached hydrogens (tertiary/aromatic N) is 1. The average molecular weight is 582 g/mol. The number of benzene rings is 1. The zero-order chi connectivity index (χ0) is 28.9. The van der Waals surface area contributed by atoms with Gasteiger partial charge in [-0.2, -0.15) is 37.6 Å². The number of amides is 1. The quantitative estimate of drug-likeness (QED) is 0.233. The predicted molar refractivity (Wildman–Crippen MR) is 145 cm³/mol. The van der Waals surface area contributed by atoms with Gasteiger partial charge in [-0.25, -0.2) is 9.59 Å². The molecule has 1 amide bonds. The second-order valence-corrected chi connectivity index (χ2v) is 10.6. The largest absolute Gasteiger partial charge is 0.490 e. The minimum Gasteiger partial charge on any atom is -0.475 e. The number of rotatable bonds is 11. The van der Waals surface area contributed by atoms with Crippen LogP contribution in [0, 0.1) is 12.3 Å². The summed E-state index contributed by atoms with van der Waals surface area (Å²) < 4.78 is 36.8. The smallest absolute Gasteiger partial charge is 0.475 e. The number of hydrogen-bond acceptors (Lipinski definition) is 8. The first-order chi connectivity index (χ1) is 17.8. The molecule has 1 aromatic rings. The van der Waals surface area contributed by atoms with Crippen LogP contribution in [-0.2, 0) is 25.5 Å². The minimum absolute atomic E-state index is 0.130. The monoisotopic (exact) mass is 581 g/mol. The van der Waals surface area contributed by atoms with E-state index in [1.165, 1.54) is 18.2 Å². The van der Waals surface area contributed by atoms with Gasteiger partial charge < -0.3 is 25.8 Å². The third-order valence-electron chi connectivity index (χ3n) is 6.48. The molecule has 0 unspecified atom stereocenters. The molecular weight excluding hydrogens is 543 g/mol. The van der Waals surface area contributed by atoms with E-state index in [4.69, 9.17) is 20.4 Å². The van der Waals surface area contributed by atoms with Crippen molar-refractivity contribution in [3.8, 4) is 0 Å². The molecule has 1 aliphatic rings. The summed E-state index contributed by atoms with van der Waals surface area (Å²) in [4.78, 5) is 36.7. The molecule has 1 saturated heterocycles. The number of methoxy groups -OCH3 is 1. The van der Waals surface area contributed by atoms with E-state index >= 15 is 0 Å². The molecular formula is C25H38F3N3O5S2. The van der Waals surface area contributed by atoms with Crippen LogP contribution in [-0.4, -0.2) is 90.6 Å². The fraction of sp³-hybridized carbons (Fsp3) is 0.640. The molecule has 0 radical (unpaired) electrons. The van der Waals surface area contributed by atoms with Gasteiger partial charge in [0, 0.05) is 12.3 Å². The van der Waals surface area contributed by atoms with E-state index in [1.54, 1.807) is 16.7 Å². The molecule has 0 saturated carbocycles. The third kappa shape index (κ3) is 10.7. The normalized spacial score (nSPS) is 16.4. The van der Waals surface area contributed by atoms with E-state index in [0.717, 1.165) is 38.1 Å². The van der Waals surface area contributed by atoms with Crippen LogP contribution in [0.25, 0.3) is 0 Å². The summed E-state index contributed by atoms with van der Waals surface area (Å²) in [5.74, 6) is -2.38. The van der Waals surface area contributed by atoms with Gasteiger partial charge in [0.2, 0.25) is 5.91 Å². The van der Waals surface area contributed by atoms with Crippen molar-refractivity contribution in [2.24, 2.45) is 11.1 Å². The van der Waals surface area contributed by atoms with Crippen LogP contribution >= 0.6 is 24.4 Å². The number of aliphatic carboxylic acids is 1. The number of carbonyl (C=O) groups excluding carboxylic acids is 2. The van der Waals surface area contributed by atoms with Gasteiger partial charge in [0.15, 0.2) is 0 Å². The van der Waals surface area contributed by atoms with Crippen molar-refractivity contribution in [3.63, 3.8) is 0 Å². The molecule has 1 aromatic carbocycles. The highest BCUT2D eigenvalue weighted by Gasteiger charge is 2.41. The Balaban J connectivity index is 0.000000905. The van der Waals surface area contributed by atoms with E-state index < -0.39 is 24.2 Å². The van der Waals surface area contributed by atoms with Gasteiger partial charge in [-0.3, -0.25) is 4.79 Å². The molecule has 1 aliphatic heterocycles. The summed E-state index contributed by atoms with van der Waals surface area (Å²) in [7, 11) is 1.38. The molecule has 0 aliphatic carbocycles. The Labute approximate surface area is 231 Å². The summed E-state index contributed by atoms with van der Waals surface area (Å²) in [6, 6.07) is 7.01. The van der Waals surface area contributed by atoms with Gasteiger partial charge in [-0.1, -0.05) is 24.3 Å². The van der Waals surface area contributed by atoms with Crippen LogP contribution in [0.5, 0.6) is 0 Å². The van der Waals surface area contributed by atoms with Crippen molar-refractivity contribution in [3.05, 3.63) is 35.4 Å². The number of carboxylic acid groups (broad SMARTS) is 1. The second-order valence-electron chi connectivity index (χ2n) is 9.23. The van der Waals surface area contributed by atoms with Gasteiger partial charge in [0.1, 0.15) is 6.04 Å². The molecule has 38 heavy (non-hydrogen) atoms. The number of carbonyl (C=O) groups is 3. The fourth-order valence-corrected chi connectivity index (χ4v) is 4.94. The fourth-order valence-electron chi connectivity index (χ4n) is 4.32. The number of thiol groups is 1. The Kier molecular flexibility index (Phi) is 14.5. The predicted octanol–water partition coefficient (Wildman–Crippen LogP) is 2.92. The Hall–Kier alpha value is -1.96. The molecule has 13 heteroatoms. The maximum atomic E-state index is 13.4. The van der Waals surface area contributed by atoms with Crippen LogP contribution in [0.1, 0.15) is 30.4 Å². The van der Waals surface area contributed by atoms with Gasteiger partial charge in [0.05, 0.1) is 13.2 Å². The first kappa shape index (κ1) is 34.1. The van der Waals surface area contributed by atoms with Crippen LogP contribution < -0.4 is 11.1 Å². The number of halogens is 3. The van der Waals surface area contributed by atoms with Gasteiger partial charge in [0.25, 0.3) is 0 Å². The number of esters is 1. The van der Waals surface area contributed by atoms with Crippen LogP contribution in [0.3, 0.4) is 0 Å². The van der Waals surface area contributed by atoms with Crippen molar-refractivity contribution < 1.29 is 37.4 Å². The summed E-state index contributed by atoms with van der Waals surface area (Å²) in [5, 5.41) is 10.6. The zero-order valence-corrected chi connectivity index (χ0v) is 23.6. The summed E-state index contributed by atoms with van der Waals surface area (Å²) in [5.41, 5.74) is 8.52. The molecule has 2 rings (SSSR count). The van der Waals surface area contributed by atoms with Crippen molar-refractivity contribution >= 4 is 42.2 Å². The molecule has 0 spiro atoms. The number of ether oxygens (including phenoxy) is 1. The van der Waals surface area contributed by atoms with E-state index in [9.17, 15) is 22.8 Å². The van der Waals surface area contributed by atoms with Crippen LogP contribution in [0.4, 0.5) is 13.2 Å². The first-order valence-corrected chi connectivity index (χ1v) is 14.1. The molecule has 0 bridgehead atoms. The number of aryl methyl sites for hydroxylation is 1. The molecule has 2 atom stereocenters. The van der Waals surface area contributed by atoms with Gasteiger partial charge >= 0.3 is 18.1 Å². The third-order valence-corrected chi connectivity index (χ3v) is 7.52. The lowest BCUT2D eigenvalue weighted by Gasteiger charge is -2.44. The lowest BCUT2D eigenvalue weighted by Crippen LogP contribution is -2.57. The number of piperidine rings is 1. The van der Waals surface area contributed by atoms with E-state index in [-0.39, 0.29) is 23.0 Å². The molecule has 216 valence electrons. The minimum atomic E-state index is -5.08.